The van der Waals surface area contributed by atoms with Gasteiger partial charge in [-0.25, -0.2) is 9.18 Å². The second-order valence-electron chi connectivity index (χ2n) is 6.27. The van der Waals surface area contributed by atoms with E-state index < -0.39 is 5.82 Å². The number of aromatic nitrogens is 2. The Morgan fingerprint density at radius 1 is 1.42 bits per heavy atom. The molecule has 0 bridgehead atoms. The van der Waals surface area contributed by atoms with Gasteiger partial charge < -0.3 is 9.64 Å². The summed E-state index contributed by atoms with van der Waals surface area (Å²) in [7, 11) is 0. The van der Waals surface area contributed by atoms with Crippen molar-refractivity contribution in [3.63, 3.8) is 0 Å². The summed E-state index contributed by atoms with van der Waals surface area (Å²) in [5, 5.41) is 8.86. The van der Waals surface area contributed by atoms with Crippen LogP contribution in [0.5, 0.6) is 5.88 Å². The minimum Gasteiger partial charge on any atom is -0.473 e. The van der Waals surface area contributed by atoms with Crippen molar-refractivity contribution in [2.24, 2.45) is 0 Å². The zero-order valence-electron chi connectivity index (χ0n) is 12.5. The molecule has 1 aromatic heterocycles. The fraction of sp³-hybridized carbons (Fsp3) is 0.235. The number of hydrogen-bond donors (Lipinski definition) is 0. The molecule has 1 aromatic carbocycles. The van der Waals surface area contributed by atoms with E-state index in [1.807, 2.05) is 0 Å². The number of ether oxygens (including phenoxy) is 1. The summed E-state index contributed by atoms with van der Waals surface area (Å²) in [6.45, 7) is 0.765. The Balaban J connectivity index is 1.41. The predicted octanol–water partition coefficient (Wildman–Crippen LogP) is 1.69. The monoisotopic (exact) mass is 322 g/mol. The fourth-order valence-corrected chi connectivity index (χ4v) is 3.47. The van der Waals surface area contributed by atoms with Gasteiger partial charge >= 0.3 is 5.69 Å². The maximum Gasteiger partial charge on any atom is 0.352 e. The van der Waals surface area contributed by atoms with E-state index in [9.17, 15) is 9.18 Å². The van der Waals surface area contributed by atoms with Crippen molar-refractivity contribution in [2.75, 3.05) is 4.90 Å². The summed E-state index contributed by atoms with van der Waals surface area (Å²) < 4.78 is 20.6. The van der Waals surface area contributed by atoms with E-state index in [-0.39, 0.29) is 29.3 Å². The Bertz CT molecular complexity index is 1040. The third-order valence-electron chi connectivity index (χ3n) is 4.87. The second-order valence-corrected chi connectivity index (χ2v) is 6.27. The van der Waals surface area contributed by atoms with E-state index in [4.69, 9.17) is 10.00 Å². The molecule has 1 aliphatic carbocycles. The normalized spacial score (nSPS) is 21.8. The molecule has 7 heteroatoms. The van der Waals surface area contributed by atoms with E-state index >= 15 is 0 Å². The van der Waals surface area contributed by atoms with E-state index in [1.54, 1.807) is 22.8 Å². The van der Waals surface area contributed by atoms with Crippen molar-refractivity contribution in [1.82, 2.24) is 9.55 Å². The number of benzene rings is 1. The van der Waals surface area contributed by atoms with Crippen molar-refractivity contribution in [1.29, 1.82) is 5.26 Å². The molecule has 0 amide bonds. The molecule has 0 radical (unpaired) electrons. The Hall–Kier alpha value is -3.14. The van der Waals surface area contributed by atoms with Crippen LogP contribution in [0.3, 0.4) is 0 Å². The highest BCUT2D eigenvalue weighted by molar-refractivity contribution is 5.71. The topological polar surface area (TPSA) is 71.1 Å². The Labute approximate surface area is 136 Å². The fourth-order valence-electron chi connectivity index (χ4n) is 3.47. The molecule has 24 heavy (non-hydrogen) atoms. The van der Waals surface area contributed by atoms with Crippen LogP contribution in [0.15, 0.2) is 40.8 Å². The third kappa shape index (κ3) is 1.62. The molecule has 3 aliphatic rings. The van der Waals surface area contributed by atoms with E-state index in [2.05, 4.69) is 16.1 Å². The molecule has 6 nitrogen and oxygen atoms in total. The molecular formula is C17H11FN4O2. The van der Waals surface area contributed by atoms with Gasteiger partial charge in [0.1, 0.15) is 24.3 Å². The lowest BCUT2D eigenvalue weighted by Crippen LogP contribution is -2.35. The van der Waals surface area contributed by atoms with Gasteiger partial charge in [-0.05, 0) is 23.3 Å². The first-order chi connectivity index (χ1) is 11.6. The molecule has 118 valence electrons. The predicted molar refractivity (Wildman–Crippen MR) is 81.9 cm³/mol. The van der Waals surface area contributed by atoms with E-state index in [1.165, 1.54) is 17.7 Å². The van der Waals surface area contributed by atoms with Crippen molar-refractivity contribution >= 4 is 5.82 Å². The van der Waals surface area contributed by atoms with Gasteiger partial charge in [0.05, 0.1) is 17.6 Å². The summed E-state index contributed by atoms with van der Waals surface area (Å²) in [6, 6.07) is 7.74. The molecule has 1 spiro atoms. The molecule has 1 atom stereocenters. The van der Waals surface area contributed by atoms with Crippen LogP contribution in [0.4, 0.5) is 10.2 Å². The number of halogens is 1. The smallest absolute Gasteiger partial charge is 0.352 e. The van der Waals surface area contributed by atoms with Gasteiger partial charge in [-0.1, -0.05) is 6.07 Å². The van der Waals surface area contributed by atoms with Crippen molar-refractivity contribution in [3.8, 4) is 11.9 Å². The number of nitrogens with zero attached hydrogens (tertiary/aromatic N) is 4. The van der Waals surface area contributed by atoms with Gasteiger partial charge in [-0.3, -0.25) is 4.57 Å². The zero-order valence-corrected chi connectivity index (χ0v) is 12.5. The largest absolute Gasteiger partial charge is 0.473 e. The van der Waals surface area contributed by atoms with Gasteiger partial charge in [0.15, 0.2) is 0 Å². The van der Waals surface area contributed by atoms with Gasteiger partial charge in [0, 0.05) is 18.7 Å². The lowest BCUT2D eigenvalue weighted by atomic mass is 10.1. The average Bonchev–Trinajstić information content (AvgIpc) is 3.01. The summed E-state index contributed by atoms with van der Waals surface area (Å²) >= 11 is 0. The standard InChI is InChI=1S/C17H11FN4O2/c18-13-2-1-10(3-11(13)6-19)8-24-14-4-15-21(16(23)20-14)9-17-5-12(17)7-22(15)17/h1-4,7H,5,8-9H2. The molecule has 1 unspecified atom stereocenters. The second kappa shape index (κ2) is 4.23. The first-order valence-electron chi connectivity index (χ1n) is 7.54. The molecular weight excluding hydrogens is 311 g/mol. The molecule has 2 aliphatic heterocycles. The van der Waals surface area contributed by atoms with Crippen LogP contribution in [0.25, 0.3) is 0 Å². The van der Waals surface area contributed by atoms with Gasteiger partial charge in [-0.15, -0.1) is 0 Å². The highest BCUT2D eigenvalue weighted by Gasteiger charge is 2.64. The molecule has 0 N–H and O–H groups in total. The molecule has 0 saturated heterocycles. The highest BCUT2D eigenvalue weighted by atomic mass is 19.1. The molecule has 1 fully saturated rings. The first kappa shape index (κ1) is 13.3. The maximum atomic E-state index is 13.3. The molecule has 5 rings (SSSR count). The average molecular weight is 322 g/mol. The Kier molecular flexibility index (Phi) is 2.35. The lowest BCUT2D eigenvalue weighted by molar-refractivity contribution is 0.291. The molecule has 2 aromatic rings. The number of rotatable bonds is 3. The third-order valence-corrected chi connectivity index (χ3v) is 4.87. The maximum absolute atomic E-state index is 13.3. The van der Waals surface area contributed by atoms with Gasteiger partial charge in [0.2, 0.25) is 5.88 Å². The van der Waals surface area contributed by atoms with Crippen LogP contribution in [0.1, 0.15) is 17.5 Å². The van der Waals surface area contributed by atoms with Crippen molar-refractivity contribution in [3.05, 3.63) is 63.5 Å². The lowest BCUT2D eigenvalue weighted by Gasteiger charge is -2.27. The van der Waals surface area contributed by atoms with Crippen molar-refractivity contribution < 1.29 is 9.13 Å². The number of hydrogen-bond acceptors (Lipinski definition) is 5. The van der Waals surface area contributed by atoms with Crippen LogP contribution >= 0.6 is 0 Å². The SMILES string of the molecule is N#Cc1cc(COc2cc3n(c(=O)n2)CC24CC2=CN34)ccc1F. The Morgan fingerprint density at radius 3 is 3.04 bits per heavy atom. The van der Waals surface area contributed by atoms with Gasteiger partial charge in [0.25, 0.3) is 0 Å². The minimum atomic E-state index is -0.565. The first-order valence-corrected chi connectivity index (χ1v) is 7.54. The zero-order chi connectivity index (χ0) is 16.5. The summed E-state index contributed by atoms with van der Waals surface area (Å²) in [4.78, 5) is 18.3. The minimum absolute atomic E-state index is 0.0329. The molecule has 1 saturated carbocycles. The Morgan fingerprint density at radius 2 is 2.29 bits per heavy atom. The summed E-state index contributed by atoms with van der Waals surface area (Å²) in [5.74, 6) is 0.460. The van der Waals surface area contributed by atoms with Gasteiger partial charge in [-0.2, -0.15) is 10.2 Å². The number of fused-ring (bicyclic) bond motifs is 2. The van der Waals surface area contributed by atoms with Crippen LogP contribution in [0.2, 0.25) is 0 Å². The van der Waals surface area contributed by atoms with Crippen LogP contribution < -0.4 is 15.3 Å². The van der Waals surface area contributed by atoms with Crippen LogP contribution in [-0.4, -0.2) is 15.1 Å². The van der Waals surface area contributed by atoms with E-state index in [0.717, 1.165) is 12.2 Å². The summed E-state index contributed by atoms with van der Waals surface area (Å²) in [6.07, 6.45) is 3.07. The highest BCUT2D eigenvalue weighted by Crippen LogP contribution is 2.61. The molecule has 3 heterocycles. The van der Waals surface area contributed by atoms with Crippen LogP contribution in [-0.2, 0) is 13.2 Å². The quantitative estimate of drug-likeness (QED) is 0.860. The van der Waals surface area contributed by atoms with Crippen LogP contribution in [0, 0.1) is 17.1 Å². The number of nitriles is 1. The summed E-state index contributed by atoms with van der Waals surface area (Å²) in [5.41, 5.74) is 1.68. The van der Waals surface area contributed by atoms with E-state index in [0.29, 0.717) is 12.1 Å². The number of anilines is 1. The van der Waals surface area contributed by atoms with Crippen molar-refractivity contribution in [2.45, 2.75) is 25.1 Å².